The van der Waals surface area contributed by atoms with Crippen molar-refractivity contribution >= 4 is 5.91 Å². The number of carbonyl (C=O) groups excluding carboxylic acids is 1. The monoisotopic (exact) mass is 283 g/mol. The standard InChI is InChI=1S/C19H25NO/c1-3-13-19(14-9-6-10-15-19)20(18(21)4-2)16-17-11-7-5-8-12-17/h3-5,7-8,11-12H,1-2,6,9-10,13-16H2. The van der Waals surface area contributed by atoms with Crippen molar-refractivity contribution < 1.29 is 4.79 Å². The van der Waals surface area contributed by atoms with Gasteiger partial charge in [-0.25, -0.2) is 0 Å². The first-order valence-corrected chi connectivity index (χ1v) is 7.81. The van der Waals surface area contributed by atoms with Crippen LogP contribution in [0.25, 0.3) is 0 Å². The van der Waals surface area contributed by atoms with Gasteiger partial charge in [0.1, 0.15) is 0 Å². The van der Waals surface area contributed by atoms with Crippen LogP contribution in [0.4, 0.5) is 0 Å². The third-order valence-electron chi connectivity index (χ3n) is 4.51. The first-order valence-electron chi connectivity index (χ1n) is 7.81. The van der Waals surface area contributed by atoms with Crippen molar-refractivity contribution in [3.63, 3.8) is 0 Å². The van der Waals surface area contributed by atoms with Gasteiger partial charge in [-0.05, 0) is 30.9 Å². The fraction of sp³-hybridized carbons (Fsp3) is 0.421. The average Bonchev–Trinajstić information content (AvgIpc) is 2.54. The zero-order valence-corrected chi connectivity index (χ0v) is 12.8. The Labute approximate surface area is 128 Å². The summed E-state index contributed by atoms with van der Waals surface area (Å²) in [5.74, 6) is 0.0302. The van der Waals surface area contributed by atoms with Crippen LogP contribution < -0.4 is 0 Å². The molecule has 0 radical (unpaired) electrons. The number of hydrogen-bond donors (Lipinski definition) is 0. The molecule has 2 heteroatoms. The predicted molar refractivity (Wildman–Crippen MR) is 87.8 cm³/mol. The molecule has 0 bridgehead atoms. The fourth-order valence-electron chi connectivity index (χ4n) is 3.42. The molecule has 21 heavy (non-hydrogen) atoms. The zero-order chi connectivity index (χ0) is 15.1. The van der Waals surface area contributed by atoms with E-state index in [4.69, 9.17) is 0 Å². The van der Waals surface area contributed by atoms with Crippen molar-refractivity contribution in [1.29, 1.82) is 0 Å². The second-order valence-electron chi connectivity index (χ2n) is 5.89. The Hall–Kier alpha value is -1.83. The van der Waals surface area contributed by atoms with Crippen LogP contribution in [0.3, 0.4) is 0 Å². The topological polar surface area (TPSA) is 20.3 Å². The van der Waals surface area contributed by atoms with Crippen molar-refractivity contribution in [1.82, 2.24) is 4.90 Å². The lowest BCUT2D eigenvalue weighted by Crippen LogP contribution is -2.51. The molecule has 1 aliphatic carbocycles. The summed E-state index contributed by atoms with van der Waals surface area (Å²) in [6.45, 7) is 8.26. The molecule has 2 nitrogen and oxygen atoms in total. The summed E-state index contributed by atoms with van der Waals surface area (Å²) in [4.78, 5) is 14.5. The lowest BCUT2D eigenvalue weighted by Gasteiger charge is -2.46. The largest absolute Gasteiger partial charge is 0.329 e. The molecule has 2 rings (SSSR count). The van der Waals surface area contributed by atoms with E-state index in [1.807, 2.05) is 29.2 Å². The van der Waals surface area contributed by atoms with E-state index in [1.165, 1.54) is 30.9 Å². The second kappa shape index (κ2) is 7.26. The molecule has 1 aromatic rings. The highest BCUT2D eigenvalue weighted by Gasteiger charge is 2.38. The molecule has 1 aliphatic rings. The Bertz CT molecular complexity index is 486. The molecule has 0 aromatic heterocycles. The second-order valence-corrected chi connectivity index (χ2v) is 5.89. The van der Waals surface area contributed by atoms with Crippen molar-refractivity contribution in [2.75, 3.05) is 0 Å². The van der Waals surface area contributed by atoms with Crippen LogP contribution in [0.15, 0.2) is 55.6 Å². The van der Waals surface area contributed by atoms with Crippen LogP contribution in [0.1, 0.15) is 44.1 Å². The minimum atomic E-state index is -0.0822. The highest BCUT2D eigenvalue weighted by Crippen LogP contribution is 2.38. The van der Waals surface area contributed by atoms with Gasteiger partial charge in [-0.15, -0.1) is 6.58 Å². The van der Waals surface area contributed by atoms with Crippen LogP contribution in [-0.4, -0.2) is 16.3 Å². The number of benzene rings is 1. The van der Waals surface area contributed by atoms with Crippen molar-refractivity contribution in [2.24, 2.45) is 0 Å². The molecular formula is C19H25NO. The Morgan fingerprint density at radius 1 is 1.14 bits per heavy atom. The van der Waals surface area contributed by atoms with Crippen LogP contribution >= 0.6 is 0 Å². The van der Waals surface area contributed by atoms with Crippen LogP contribution in [0, 0.1) is 0 Å². The van der Waals surface area contributed by atoms with Crippen molar-refractivity contribution in [2.45, 2.75) is 50.6 Å². The van der Waals surface area contributed by atoms with Crippen molar-refractivity contribution in [3.8, 4) is 0 Å². The van der Waals surface area contributed by atoms with E-state index in [0.29, 0.717) is 6.54 Å². The Balaban J connectivity index is 2.30. The molecule has 0 aliphatic heterocycles. The Morgan fingerprint density at radius 3 is 2.38 bits per heavy atom. The Morgan fingerprint density at radius 2 is 1.81 bits per heavy atom. The minimum Gasteiger partial charge on any atom is -0.329 e. The van der Waals surface area contributed by atoms with Gasteiger partial charge in [0.05, 0.1) is 0 Å². The summed E-state index contributed by atoms with van der Waals surface area (Å²) < 4.78 is 0. The third-order valence-corrected chi connectivity index (χ3v) is 4.51. The number of nitrogens with zero attached hydrogens (tertiary/aromatic N) is 1. The van der Waals surface area contributed by atoms with Crippen LogP contribution in [0.5, 0.6) is 0 Å². The van der Waals surface area contributed by atoms with Gasteiger partial charge in [0.2, 0.25) is 5.91 Å². The SMILES string of the molecule is C=CCC1(N(Cc2ccccc2)C(=O)C=C)CCCCC1. The van der Waals surface area contributed by atoms with Gasteiger partial charge in [-0.2, -0.15) is 0 Å². The van der Waals surface area contributed by atoms with E-state index < -0.39 is 0 Å². The van der Waals surface area contributed by atoms with E-state index in [2.05, 4.69) is 25.3 Å². The summed E-state index contributed by atoms with van der Waals surface area (Å²) in [6.07, 6.45) is 10.0. The van der Waals surface area contributed by atoms with E-state index in [1.54, 1.807) is 0 Å². The maximum Gasteiger partial charge on any atom is 0.246 e. The highest BCUT2D eigenvalue weighted by atomic mass is 16.2. The van der Waals surface area contributed by atoms with Gasteiger partial charge in [-0.3, -0.25) is 4.79 Å². The zero-order valence-electron chi connectivity index (χ0n) is 12.8. The summed E-state index contributed by atoms with van der Waals surface area (Å²) in [5, 5.41) is 0. The summed E-state index contributed by atoms with van der Waals surface area (Å²) >= 11 is 0. The molecule has 1 amide bonds. The van der Waals surface area contributed by atoms with Gasteiger partial charge in [-0.1, -0.05) is 62.2 Å². The van der Waals surface area contributed by atoms with E-state index in [-0.39, 0.29) is 11.4 Å². The van der Waals surface area contributed by atoms with Gasteiger partial charge < -0.3 is 4.90 Å². The molecule has 0 saturated heterocycles. The number of carbonyl (C=O) groups is 1. The predicted octanol–water partition coefficient (Wildman–Crippen LogP) is 4.48. The lowest BCUT2D eigenvalue weighted by molar-refractivity contribution is -0.134. The molecule has 0 atom stereocenters. The Kier molecular flexibility index (Phi) is 5.38. The number of hydrogen-bond acceptors (Lipinski definition) is 1. The summed E-state index contributed by atoms with van der Waals surface area (Å²) in [6, 6.07) is 10.2. The maximum atomic E-state index is 12.5. The quantitative estimate of drug-likeness (QED) is 0.557. The van der Waals surface area contributed by atoms with Crippen LogP contribution in [0.2, 0.25) is 0 Å². The molecule has 1 saturated carbocycles. The molecule has 1 fully saturated rings. The van der Waals surface area contributed by atoms with Gasteiger partial charge in [0.25, 0.3) is 0 Å². The molecular weight excluding hydrogens is 258 g/mol. The van der Waals surface area contributed by atoms with Gasteiger partial charge in [0.15, 0.2) is 0 Å². The number of rotatable bonds is 6. The first-order chi connectivity index (χ1) is 10.2. The fourth-order valence-corrected chi connectivity index (χ4v) is 3.42. The minimum absolute atomic E-state index is 0.0302. The average molecular weight is 283 g/mol. The van der Waals surface area contributed by atoms with Crippen LogP contribution in [-0.2, 0) is 11.3 Å². The molecule has 0 heterocycles. The molecule has 0 N–H and O–H groups in total. The highest BCUT2D eigenvalue weighted by molar-refractivity contribution is 5.87. The van der Waals surface area contributed by atoms with Gasteiger partial charge >= 0.3 is 0 Å². The normalized spacial score (nSPS) is 17.0. The third kappa shape index (κ3) is 3.63. The first kappa shape index (κ1) is 15.6. The molecule has 112 valence electrons. The molecule has 1 aromatic carbocycles. The lowest BCUT2D eigenvalue weighted by atomic mass is 9.77. The summed E-state index contributed by atoms with van der Waals surface area (Å²) in [7, 11) is 0. The maximum absolute atomic E-state index is 12.5. The summed E-state index contributed by atoms with van der Waals surface area (Å²) in [5.41, 5.74) is 1.09. The smallest absolute Gasteiger partial charge is 0.246 e. The van der Waals surface area contributed by atoms with Crippen molar-refractivity contribution in [3.05, 3.63) is 61.2 Å². The molecule has 0 unspecified atom stereocenters. The van der Waals surface area contributed by atoms with E-state index >= 15 is 0 Å². The van der Waals surface area contributed by atoms with E-state index in [0.717, 1.165) is 19.3 Å². The molecule has 0 spiro atoms. The number of amides is 1. The van der Waals surface area contributed by atoms with E-state index in [9.17, 15) is 4.79 Å². The van der Waals surface area contributed by atoms with Gasteiger partial charge in [0, 0.05) is 12.1 Å².